The maximum absolute atomic E-state index is 4.21. The first kappa shape index (κ1) is 8.19. The number of nitrogens with one attached hydrogen (secondary N) is 1. The van der Waals surface area contributed by atoms with Crippen LogP contribution in [0.4, 0.5) is 10.9 Å². The van der Waals surface area contributed by atoms with E-state index in [1.54, 1.807) is 17.5 Å². The molecule has 3 nitrogen and oxygen atoms in total. The minimum absolute atomic E-state index is 0.834. The molecule has 2 aromatic rings. The highest BCUT2D eigenvalue weighted by Crippen LogP contribution is 2.16. The summed E-state index contributed by atoms with van der Waals surface area (Å²) < 4.78 is 0. The van der Waals surface area contributed by atoms with Gasteiger partial charge in [0.15, 0.2) is 5.13 Å². The molecule has 0 aliphatic heterocycles. The average Bonchev–Trinajstić information content (AvgIpc) is 2.62. The van der Waals surface area contributed by atoms with Crippen LogP contribution in [0.3, 0.4) is 0 Å². The number of aryl methyl sites for hydroxylation is 1. The summed E-state index contributed by atoms with van der Waals surface area (Å²) >= 11 is 1.56. The van der Waals surface area contributed by atoms with E-state index in [0.717, 1.165) is 16.5 Å². The predicted octanol–water partition coefficient (Wildman–Crippen LogP) is 2.59. The third-order valence-electron chi connectivity index (χ3n) is 1.58. The van der Waals surface area contributed by atoms with Crippen molar-refractivity contribution in [3.63, 3.8) is 0 Å². The number of aromatic nitrogens is 2. The van der Waals surface area contributed by atoms with Gasteiger partial charge in [0.1, 0.15) is 5.82 Å². The van der Waals surface area contributed by atoms with Gasteiger partial charge in [-0.1, -0.05) is 6.07 Å². The molecule has 0 spiro atoms. The SMILES string of the molecule is Cc1ccc(Nc2nccs2)nc1. The van der Waals surface area contributed by atoms with E-state index in [4.69, 9.17) is 0 Å². The molecule has 2 rings (SSSR count). The number of hydrogen-bond acceptors (Lipinski definition) is 4. The Morgan fingerprint density at radius 1 is 1.31 bits per heavy atom. The van der Waals surface area contributed by atoms with E-state index in [1.165, 1.54) is 0 Å². The molecule has 0 bridgehead atoms. The van der Waals surface area contributed by atoms with Crippen molar-refractivity contribution in [2.75, 3.05) is 5.32 Å². The van der Waals surface area contributed by atoms with Gasteiger partial charge in [-0.15, -0.1) is 11.3 Å². The largest absolute Gasteiger partial charge is 0.316 e. The van der Waals surface area contributed by atoms with E-state index in [9.17, 15) is 0 Å². The van der Waals surface area contributed by atoms with Crippen LogP contribution in [0.25, 0.3) is 0 Å². The van der Waals surface area contributed by atoms with Crippen LogP contribution in [-0.4, -0.2) is 9.97 Å². The lowest BCUT2D eigenvalue weighted by atomic mass is 10.3. The van der Waals surface area contributed by atoms with Gasteiger partial charge in [0, 0.05) is 17.8 Å². The number of thiazole rings is 1. The molecule has 0 aromatic carbocycles. The summed E-state index contributed by atoms with van der Waals surface area (Å²) in [5.74, 6) is 0.834. The quantitative estimate of drug-likeness (QED) is 0.792. The molecule has 4 heteroatoms. The molecule has 0 atom stereocenters. The number of pyridine rings is 1. The fourth-order valence-electron chi connectivity index (χ4n) is 0.936. The number of rotatable bonds is 2. The van der Waals surface area contributed by atoms with E-state index in [1.807, 2.05) is 30.6 Å². The van der Waals surface area contributed by atoms with Gasteiger partial charge < -0.3 is 5.32 Å². The van der Waals surface area contributed by atoms with Crippen LogP contribution in [-0.2, 0) is 0 Å². The maximum Gasteiger partial charge on any atom is 0.188 e. The summed E-state index contributed by atoms with van der Waals surface area (Å²) in [5, 5.41) is 5.91. The van der Waals surface area contributed by atoms with Crippen LogP contribution in [0.15, 0.2) is 29.9 Å². The predicted molar refractivity (Wildman–Crippen MR) is 54.4 cm³/mol. The Labute approximate surface area is 80.5 Å². The lowest BCUT2D eigenvalue weighted by Crippen LogP contribution is -1.91. The molecule has 0 saturated heterocycles. The van der Waals surface area contributed by atoms with Crippen molar-refractivity contribution in [2.45, 2.75) is 6.92 Å². The smallest absolute Gasteiger partial charge is 0.188 e. The molecule has 0 radical (unpaired) electrons. The Kier molecular flexibility index (Phi) is 2.23. The van der Waals surface area contributed by atoms with Crippen molar-refractivity contribution in [1.29, 1.82) is 0 Å². The van der Waals surface area contributed by atoms with E-state index >= 15 is 0 Å². The van der Waals surface area contributed by atoms with Crippen LogP contribution in [0, 0.1) is 6.92 Å². The lowest BCUT2D eigenvalue weighted by Gasteiger charge is -2.00. The van der Waals surface area contributed by atoms with Crippen LogP contribution in [0.1, 0.15) is 5.56 Å². The van der Waals surface area contributed by atoms with Gasteiger partial charge in [-0.3, -0.25) is 0 Å². The summed E-state index contributed by atoms with van der Waals surface area (Å²) in [7, 11) is 0. The van der Waals surface area contributed by atoms with Crippen molar-refractivity contribution >= 4 is 22.3 Å². The van der Waals surface area contributed by atoms with Crippen LogP contribution in [0.5, 0.6) is 0 Å². The number of anilines is 2. The summed E-state index contributed by atoms with van der Waals surface area (Å²) in [5.41, 5.74) is 1.16. The summed E-state index contributed by atoms with van der Waals surface area (Å²) in [6, 6.07) is 3.96. The summed E-state index contributed by atoms with van der Waals surface area (Å²) in [6.45, 7) is 2.01. The summed E-state index contributed by atoms with van der Waals surface area (Å²) in [6.07, 6.45) is 3.59. The Hall–Kier alpha value is -1.42. The van der Waals surface area contributed by atoms with Gasteiger partial charge in [0.2, 0.25) is 0 Å². The van der Waals surface area contributed by atoms with E-state index in [0.29, 0.717) is 0 Å². The zero-order chi connectivity index (χ0) is 9.10. The molecule has 0 aliphatic rings. The van der Waals surface area contributed by atoms with Crippen molar-refractivity contribution < 1.29 is 0 Å². The molecule has 2 heterocycles. The van der Waals surface area contributed by atoms with Gasteiger partial charge in [-0.2, -0.15) is 0 Å². The molecule has 0 unspecified atom stereocenters. The standard InChI is InChI=1S/C9H9N3S/c1-7-2-3-8(11-6-7)12-9-10-4-5-13-9/h2-6H,1H3,(H,10,11,12). The third-order valence-corrected chi connectivity index (χ3v) is 2.27. The Bertz CT molecular complexity index is 366. The fourth-order valence-corrected chi connectivity index (χ4v) is 1.47. The lowest BCUT2D eigenvalue weighted by molar-refractivity contribution is 1.25. The molecule has 0 fully saturated rings. The zero-order valence-electron chi connectivity index (χ0n) is 7.19. The minimum Gasteiger partial charge on any atom is -0.316 e. The monoisotopic (exact) mass is 191 g/mol. The molecule has 66 valence electrons. The van der Waals surface area contributed by atoms with Crippen LogP contribution < -0.4 is 5.32 Å². The van der Waals surface area contributed by atoms with Gasteiger partial charge in [-0.25, -0.2) is 9.97 Å². The maximum atomic E-state index is 4.21. The molecule has 2 aromatic heterocycles. The highest BCUT2D eigenvalue weighted by molar-refractivity contribution is 7.13. The second-order valence-electron chi connectivity index (χ2n) is 2.68. The Balaban J connectivity index is 2.15. The Morgan fingerprint density at radius 3 is 2.85 bits per heavy atom. The second-order valence-corrected chi connectivity index (χ2v) is 3.58. The molecule has 0 aliphatic carbocycles. The molecule has 1 N–H and O–H groups in total. The normalized spacial score (nSPS) is 9.92. The molecule has 0 saturated carbocycles. The van der Waals surface area contributed by atoms with Gasteiger partial charge in [0.25, 0.3) is 0 Å². The number of hydrogen-bond donors (Lipinski definition) is 1. The van der Waals surface area contributed by atoms with Crippen molar-refractivity contribution in [1.82, 2.24) is 9.97 Å². The molecule has 0 amide bonds. The molecular formula is C9H9N3S. The number of nitrogens with zero attached hydrogens (tertiary/aromatic N) is 2. The highest BCUT2D eigenvalue weighted by Gasteiger charge is 1.96. The molecule has 13 heavy (non-hydrogen) atoms. The van der Waals surface area contributed by atoms with Gasteiger partial charge in [-0.05, 0) is 18.6 Å². The van der Waals surface area contributed by atoms with Gasteiger partial charge in [0.05, 0.1) is 0 Å². The minimum atomic E-state index is 0.834. The van der Waals surface area contributed by atoms with Crippen LogP contribution in [0.2, 0.25) is 0 Å². The Morgan fingerprint density at radius 2 is 2.23 bits per heavy atom. The van der Waals surface area contributed by atoms with Crippen molar-refractivity contribution in [3.8, 4) is 0 Å². The van der Waals surface area contributed by atoms with E-state index < -0.39 is 0 Å². The van der Waals surface area contributed by atoms with Crippen LogP contribution >= 0.6 is 11.3 Å². The fraction of sp³-hybridized carbons (Fsp3) is 0.111. The van der Waals surface area contributed by atoms with Gasteiger partial charge >= 0.3 is 0 Å². The average molecular weight is 191 g/mol. The second kappa shape index (κ2) is 3.53. The third kappa shape index (κ3) is 2.03. The molecular weight excluding hydrogens is 182 g/mol. The summed E-state index contributed by atoms with van der Waals surface area (Å²) in [4.78, 5) is 8.31. The first-order chi connectivity index (χ1) is 6.34. The zero-order valence-corrected chi connectivity index (χ0v) is 8.01. The van der Waals surface area contributed by atoms with Crippen molar-refractivity contribution in [2.24, 2.45) is 0 Å². The van der Waals surface area contributed by atoms with Crippen molar-refractivity contribution in [3.05, 3.63) is 35.5 Å². The first-order valence-electron chi connectivity index (χ1n) is 3.94. The topological polar surface area (TPSA) is 37.8 Å². The first-order valence-corrected chi connectivity index (χ1v) is 4.82. The van der Waals surface area contributed by atoms with E-state index in [2.05, 4.69) is 15.3 Å². The van der Waals surface area contributed by atoms with E-state index in [-0.39, 0.29) is 0 Å². The highest BCUT2D eigenvalue weighted by atomic mass is 32.1.